The topological polar surface area (TPSA) is 79.3 Å². The number of anilines is 1. The quantitative estimate of drug-likeness (QED) is 0.831. The lowest BCUT2D eigenvalue weighted by molar-refractivity contribution is -0.267. The summed E-state index contributed by atoms with van der Waals surface area (Å²) in [5.74, 6) is -9.28. The number of rotatable bonds is 4. The van der Waals surface area contributed by atoms with Crippen molar-refractivity contribution >= 4 is 17.6 Å². The smallest absolute Gasteiger partial charge is 0.463 e. The molecule has 1 amide bonds. The van der Waals surface area contributed by atoms with E-state index in [-0.39, 0.29) is 5.69 Å². The summed E-state index contributed by atoms with van der Waals surface area (Å²) in [6.07, 6.45) is -5.68. The van der Waals surface area contributed by atoms with E-state index in [1.54, 1.807) is 0 Å². The molecule has 5 nitrogen and oxygen atoms in total. The fourth-order valence-corrected chi connectivity index (χ4v) is 1.10. The number of carboxylic acids is 1. The van der Waals surface area contributed by atoms with Crippen LogP contribution in [0.25, 0.3) is 0 Å². The zero-order valence-electron chi connectivity index (χ0n) is 9.54. The van der Waals surface area contributed by atoms with Crippen LogP contribution in [0.2, 0.25) is 0 Å². The molecule has 1 aromatic rings. The number of halogens is 5. The van der Waals surface area contributed by atoms with Crippen LogP contribution in [-0.2, 0) is 16.0 Å². The number of hydrogen-bond acceptors (Lipinski definition) is 3. The van der Waals surface area contributed by atoms with E-state index in [0.29, 0.717) is 0 Å². The average Bonchev–Trinajstić information content (AvgIpc) is 2.29. The molecule has 110 valence electrons. The molecule has 0 fully saturated rings. The molecule has 0 aromatic carbocycles. The summed E-state index contributed by atoms with van der Waals surface area (Å²) in [6, 6.07) is 2.05. The summed E-state index contributed by atoms with van der Waals surface area (Å²) in [4.78, 5) is 24.7. The van der Waals surface area contributed by atoms with E-state index >= 15 is 0 Å². The minimum Gasteiger partial charge on any atom is -0.481 e. The van der Waals surface area contributed by atoms with E-state index < -0.39 is 36.1 Å². The molecule has 1 rings (SSSR count). The van der Waals surface area contributed by atoms with Crippen LogP contribution in [0.1, 0.15) is 5.69 Å². The Morgan fingerprint density at radius 3 is 2.20 bits per heavy atom. The largest absolute Gasteiger partial charge is 0.481 e. The highest BCUT2D eigenvalue weighted by atomic mass is 19.4. The number of aromatic nitrogens is 1. The van der Waals surface area contributed by atoms with Gasteiger partial charge in [-0.1, -0.05) is 0 Å². The minimum atomic E-state index is -6.01. The van der Waals surface area contributed by atoms with E-state index in [1.807, 2.05) is 0 Å². The molecular weight excluding hydrogens is 291 g/mol. The molecule has 0 radical (unpaired) electrons. The highest BCUT2D eigenvalue weighted by molar-refractivity contribution is 5.96. The van der Waals surface area contributed by atoms with Crippen LogP contribution in [0, 0.1) is 0 Å². The minimum absolute atomic E-state index is 0.0538. The number of hydrogen-bond donors (Lipinski definition) is 2. The molecule has 10 heteroatoms. The summed E-state index contributed by atoms with van der Waals surface area (Å²) in [6.45, 7) is 0. The number of aliphatic carboxylic acids is 1. The number of carboxylic acid groups (broad SMARTS) is 1. The molecule has 0 bridgehead atoms. The molecule has 0 saturated carbocycles. The lowest BCUT2D eigenvalue weighted by atomic mass is 10.2. The third kappa shape index (κ3) is 3.62. The molecule has 20 heavy (non-hydrogen) atoms. The Morgan fingerprint density at radius 1 is 1.20 bits per heavy atom. The maximum atomic E-state index is 12.6. The molecule has 0 aliphatic heterocycles. The van der Waals surface area contributed by atoms with Crippen molar-refractivity contribution in [3.8, 4) is 0 Å². The van der Waals surface area contributed by atoms with Gasteiger partial charge in [0, 0.05) is 0 Å². The first-order valence-corrected chi connectivity index (χ1v) is 4.97. The molecule has 0 aliphatic carbocycles. The van der Waals surface area contributed by atoms with Crippen molar-refractivity contribution in [3.63, 3.8) is 0 Å². The number of amides is 1. The predicted molar refractivity (Wildman–Crippen MR) is 55.2 cm³/mol. The maximum absolute atomic E-state index is 12.6. The number of alkyl halides is 5. The number of pyridine rings is 1. The van der Waals surface area contributed by atoms with Gasteiger partial charge in [0.15, 0.2) is 0 Å². The van der Waals surface area contributed by atoms with Crippen molar-refractivity contribution in [3.05, 3.63) is 24.0 Å². The zero-order chi connectivity index (χ0) is 15.6. The van der Waals surface area contributed by atoms with Crippen molar-refractivity contribution in [1.29, 1.82) is 0 Å². The summed E-state index contributed by atoms with van der Waals surface area (Å²) >= 11 is 0. The van der Waals surface area contributed by atoms with Crippen LogP contribution >= 0.6 is 0 Å². The Labute approximate surface area is 108 Å². The highest BCUT2D eigenvalue weighted by Gasteiger charge is 2.63. The predicted octanol–water partition coefficient (Wildman–Crippen LogP) is 1.84. The van der Waals surface area contributed by atoms with Gasteiger partial charge in [0.05, 0.1) is 24.0 Å². The van der Waals surface area contributed by atoms with Crippen molar-refractivity contribution in [1.82, 2.24) is 4.98 Å². The molecule has 0 spiro atoms. The van der Waals surface area contributed by atoms with Gasteiger partial charge in [0.2, 0.25) is 0 Å². The van der Waals surface area contributed by atoms with E-state index in [1.165, 1.54) is 5.32 Å². The van der Waals surface area contributed by atoms with E-state index in [0.717, 1.165) is 18.3 Å². The van der Waals surface area contributed by atoms with Gasteiger partial charge in [-0.3, -0.25) is 14.6 Å². The van der Waals surface area contributed by atoms with Crippen molar-refractivity contribution in [2.24, 2.45) is 0 Å². The molecular formula is C10H7F5N2O3. The Morgan fingerprint density at radius 2 is 1.80 bits per heavy atom. The highest BCUT2D eigenvalue weighted by Crippen LogP contribution is 2.36. The number of carbonyl (C=O) groups excluding carboxylic acids is 1. The molecule has 0 saturated heterocycles. The first-order valence-electron chi connectivity index (χ1n) is 4.97. The summed E-state index contributed by atoms with van der Waals surface area (Å²) in [5, 5.41) is 9.79. The monoisotopic (exact) mass is 298 g/mol. The first kappa shape index (κ1) is 15.8. The van der Waals surface area contributed by atoms with Crippen LogP contribution in [0.15, 0.2) is 18.3 Å². The van der Waals surface area contributed by atoms with Crippen LogP contribution in [-0.4, -0.2) is 34.1 Å². The van der Waals surface area contributed by atoms with E-state index in [9.17, 15) is 31.5 Å². The van der Waals surface area contributed by atoms with Gasteiger partial charge in [-0.15, -0.1) is 0 Å². The fourth-order valence-electron chi connectivity index (χ4n) is 1.10. The van der Waals surface area contributed by atoms with E-state index in [2.05, 4.69) is 4.98 Å². The lowest BCUT2D eigenvalue weighted by Crippen LogP contribution is -2.47. The number of carbonyl (C=O) groups is 2. The van der Waals surface area contributed by atoms with Gasteiger partial charge in [-0.25, -0.2) is 0 Å². The van der Waals surface area contributed by atoms with Gasteiger partial charge in [0.1, 0.15) is 0 Å². The molecule has 1 heterocycles. The zero-order valence-corrected chi connectivity index (χ0v) is 9.54. The third-order valence-corrected chi connectivity index (χ3v) is 2.06. The van der Waals surface area contributed by atoms with Crippen LogP contribution in [0.3, 0.4) is 0 Å². The van der Waals surface area contributed by atoms with Gasteiger partial charge < -0.3 is 10.4 Å². The van der Waals surface area contributed by atoms with E-state index in [4.69, 9.17) is 5.11 Å². The maximum Gasteiger partial charge on any atom is 0.463 e. The second-order valence-electron chi connectivity index (χ2n) is 3.64. The van der Waals surface area contributed by atoms with Crippen LogP contribution in [0.4, 0.5) is 27.6 Å². The normalized spacial score (nSPS) is 12.1. The second kappa shape index (κ2) is 5.39. The van der Waals surface area contributed by atoms with Crippen molar-refractivity contribution in [2.75, 3.05) is 5.32 Å². The fraction of sp³-hybridized carbons (Fsp3) is 0.300. The Balaban J connectivity index is 2.79. The summed E-state index contributed by atoms with van der Waals surface area (Å²) in [7, 11) is 0. The van der Waals surface area contributed by atoms with Gasteiger partial charge in [0.25, 0.3) is 0 Å². The molecule has 1 aromatic heterocycles. The van der Waals surface area contributed by atoms with Crippen LogP contribution < -0.4 is 5.32 Å². The average molecular weight is 298 g/mol. The summed E-state index contributed by atoms with van der Waals surface area (Å²) < 4.78 is 61.0. The molecule has 0 atom stereocenters. The van der Waals surface area contributed by atoms with Crippen molar-refractivity contribution < 1.29 is 36.6 Å². The number of nitrogens with zero attached hydrogens (tertiary/aromatic N) is 1. The standard InChI is InChI=1S/C10H7F5N2O3/c11-9(12,10(13,14)15)8(20)17-6-2-1-5(16-4-6)3-7(18)19/h1-2,4H,3H2,(H,17,20)(H,18,19). The van der Waals surface area contributed by atoms with Gasteiger partial charge >= 0.3 is 24.0 Å². The van der Waals surface area contributed by atoms with Crippen LogP contribution in [0.5, 0.6) is 0 Å². The third-order valence-electron chi connectivity index (χ3n) is 2.06. The second-order valence-corrected chi connectivity index (χ2v) is 3.64. The Kier molecular flexibility index (Phi) is 4.26. The number of nitrogens with one attached hydrogen (secondary N) is 1. The van der Waals surface area contributed by atoms with Gasteiger partial charge in [-0.05, 0) is 12.1 Å². The Hall–Kier alpha value is -2.26. The molecule has 0 aliphatic rings. The van der Waals surface area contributed by atoms with Gasteiger partial charge in [-0.2, -0.15) is 22.0 Å². The SMILES string of the molecule is O=C(O)Cc1ccc(NC(=O)C(F)(F)C(F)(F)F)cn1. The lowest BCUT2D eigenvalue weighted by Gasteiger charge is -2.18. The first-order chi connectivity index (χ1) is 9.04. The molecule has 0 unspecified atom stereocenters. The van der Waals surface area contributed by atoms with Crippen molar-refractivity contribution in [2.45, 2.75) is 18.5 Å². The summed E-state index contributed by atoms with van der Waals surface area (Å²) in [5.41, 5.74) is -0.355. The molecule has 2 N–H and O–H groups in total. The Bertz CT molecular complexity index is 513.